The molecule has 0 saturated heterocycles. The van der Waals surface area contributed by atoms with Crippen molar-refractivity contribution in [3.8, 4) is 0 Å². The van der Waals surface area contributed by atoms with E-state index in [9.17, 15) is 0 Å². The largest absolute Gasteiger partial charge is 0.271 e. The van der Waals surface area contributed by atoms with Crippen molar-refractivity contribution < 1.29 is 0 Å². The molecule has 0 aliphatic rings. The first-order valence-electron chi connectivity index (χ1n) is 6.52. The van der Waals surface area contributed by atoms with Crippen molar-refractivity contribution in [2.24, 2.45) is 5.84 Å². The summed E-state index contributed by atoms with van der Waals surface area (Å²) in [5.74, 6) is 5.65. The van der Waals surface area contributed by atoms with Gasteiger partial charge in [0, 0.05) is 10.5 Å². The number of hydrazine groups is 1. The van der Waals surface area contributed by atoms with Gasteiger partial charge in [0.25, 0.3) is 0 Å². The van der Waals surface area contributed by atoms with E-state index in [1.165, 1.54) is 30.4 Å². The summed E-state index contributed by atoms with van der Waals surface area (Å²) < 4.78 is 1.15. The normalized spacial score (nSPS) is 12.4. The molecular formula is C15H23BrN2. The van der Waals surface area contributed by atoms with E-state index in [2.05, 4.69) is 53.1 Å². The first-order valence-corrected chi connectivity index (χ1v) is 7.31. The summed E-state index contributed by atoms with van der Waals surface area (Å²) in [6.45, 7) is 5.83. The molecule has 0 fully saturated rings. The van der Waals surface area contributed by atoms with E-state index in [4.69, 9.17) is 5.84 Å². The first kappa shape index (κ1) is 15.4. The lowest BCUT2D eigenvalue weighted by Crippen LogP contribution is -2.28. The highest BCUT2D eigenvalue weighted by Gasteiger charge is 2.10. The molecule has 1 atom stereocenters. The quantitative estimate of drug-likeness (QED) is 0.323. The zero-order valence-electron chi connectivity index (χ0n) is 11.1. The van der Waals surface area contributed by atoms with Gasteiger partial charge in [-0.2, -0.15) is 0 Å². The van der Waals surface area contributed by atoms with Crippen LogP contribution in [0.4, 0.5) is 0 Å². The number of hydrogen-bond acceptors (Lipinski definition) is 2. The van der Waals surface area contributed by atoms with Gasteiger partial charge in [-0.1, -0.05) is 47.0 Å². The average molecular weight is 311 g/mol. The van der Waals surface area contributed by atoms with Crippen LogP contribution in [0.25, 0.3) is 0 Å². The minimum Gasteiger partial charge on any atom is -0.271 e. The van der Waals surface area contributed by atoms with Crippen molar-refractivity contribution in [3.05, 3.63) is 46.5 Å². The lowest BCUT2D eigenvalue weighted by molar-refractivity contribution is 0.483. The van der Waals surface area contributed by atoms with Gasteiger partial charge >= 0.3 is 0 Å². The predicted molar refractivity (Wildman–Crippen MR) is 82.2 cm³/mol. The number of aryl methyl sites for hydroxylation is 1. The summed E-state index contributed by atoms with van der Waals surface area (Å²) in [6, 6.07) is 6.67. The Morgan fingerprint density at radius 3 is 2.78 bits per heavy atom. The van der Waals surface area contributed by atoms with E-state index in [1.54, 1.807) is 0 Å². The van der Waals surface area contributed by atoms with Gasteiger partial charge in [-0.05, 0) is 43.4 Å². The number of nitrogens with two attached hydrogens (primary N) is 1. The fraction of sp³-hybridized carbons (Fsp3) is 0.467. The van der Waals surface area contributed by atoms with Crippen LogP contribution in [0, 0.1) is 6.92 Å². The van der Waals surface area contributed by atoms with Gasteiger partial charge in [0.05, 0.1) is 0 Å². The standard InChI is InChI=1S/C15H23BrN2/c1-3-4-5-6-7-8-15(18-17)13-10-9-12(2)14(16)11-13/h3,9-11,15,18H,1,4-8,17H2,2H3. The molecule has 100 valence electrons. The SMILES string of the molecule is C=CCCCCCC(NN)c1ccc(C)c(Br)c1. The fourth-order valence-corrected chi connectivity index (χ4v) is 2.38. The first-order chi connectivity index (χ1) is 8.69. The second kappa shape index (κ2) is 8.46. The molecule has 1 rings (SSSR count). The molecule has 1 unspecified atom stereocenters. The molecule has 0 bridgehead atoms. The number of benzene rings is 1. The van der Waals surface area contributed by atoms with Crippen molar-refractivity contribution >= 4 is 15.9 Å². The van der Waals surface area contributed by atoms with Crippen LogP contribution in [0.5, 0.6) is 0 Å². The molecule has 0 radical (unpaired) electrons. The van der Waals surface area contributed by atoms with E-state index in [0.29, 0.717) is 0 Å². The van der Waals surface area contributed by atoms with Crippen molar-refractivity contribution in [2.45, 2.75) is 45.1 Å². The Bertz CT molecular complexity index is 377. The third-order valence-corrected chi connectivity index (χ3v) is 4.05. The van der Waals surface area contributed by atoms with E-state index < -0.39 is 0 Å². The summed E-state index contributed by atoms with van der Waals surface area (Å²) in [6.07, 6.45) is 7.81. The minimum atomic E-state index is 0.241. The van der Waals surface area contributed by atoms with Crippen LogP contribution >= 0.6 is 15.9 Å². The summed E-state index contributed by atoms with van der Waals surface area (Å²) >= 11 is 3.57. The van der Waals surface area contributed by atoms with Crippen LogP contribution < -0.4 is 11.3 Å². The summed E-state index contributed by atoms with van der Waals surface area (Å²) in [4.78, 5) is 0. The highest BCUT2D eigenvalue weighted by atomic mass is 79.9. The van der Waals surface area contributed by atoms with Gasteiger partial charge in [-0.3, -0.25) is 11.3 Å². The third-order valence-electron chi connectivity index (χ3n) is 3.20. The maximum absolute atomic E-state index is 5.65. The molecule has 3 heteroatoms. The van der Waals surface area contributed by atoms with E-state index >= 15 is 0 Å². The average Bonchev–Trinajstić information content (AvgIpc) is 2.37. The molecule has 0 saturated carbocycles. The lowest BCUT2D eigenvalue weighted by atomic mass is 9.99. The Kier molecular flexibility index (Phi) is 7.25. The van der Waals surface area contributed by atoms with Gasteiger partial charge in [0.1, 0.15) is 0 Å². The molecule has 0 amide bonds. The number of nitrogens with one attached hydrogen (secondary N) is 1. The smallest absolute Gasteiger partial charge is 0.0460 e. The van der Waals surface area contributed by atoms with E-state index in [0.717, 1.165) is 17.3 Å². The van der Waals surface area contributed by atoms with E-state index in [1.807, 2.05) is 6.08 Å². The summed E-state index contributed by atoms with van der Waals surface area (Å²) in [7, 11) is 0. The Balaban J connectivity index is 2.49. The maximum atomic E-state index is 5.65. The lowest BCUT2D eigenvalue weighted by Gasteiger charge is -2.17. The second-order valence-corrected chi connectivity index (χ2v) is 5.51. The van der Waals surface area contributed by atoms with Gasteiger partial charge in [-0.25, -0.2) is 0 Å². The molecule has 0 spiro atoms. The molecule has 0 aliphatic heterocycles. The number of hydrogen-bond donors (Lipinski definition) is 2. The zero-order valence-corrected chi connectivity index (χ0v) is 12.7. The predicted octanol–water partition coefficient (Wildman–Crippen LogP) is 4.40. The van der Waals surface area contributed by atoms with Crippen LogP contribution in [0.2, 0.25) is 0 Å². The summed E-state index contributed by atoms with van der Waals surface area (Å²) in [5, 5.41) is 0. The minimum absolute atomic E-state index is 0.241. The fourth-order valence-electron chi connectivity index (χ4n) is 1.99. The number of allylic oxidation sites excluding steroid dienone is 1. The van der Waals surface area contributed by atoms with Crippen molar-refractivity contribution in [3.63, 3.8) is 0 Å². The Morgan fingerprint density at radius 2 is 2.17 bits per heavy atom. The van der Waals surface area contributed by atoms with Gasteiger partial charge < -0.3 is 0 Å². The van der Waals surface area contributed by atoms with Crippen molar-refractivity contribution in [2.75, 3.05) is 0 Å². The Morgan fingerprint density at radius 1 is 1.39 bits per heavy atom. The highest BCUT2D eigenvalue weighted by molar-refractivity contribution is 9.10. The molecule has 3 N–H and O–H groups in total. The monoisotopic (exact) mass is 310 g/mol. The molecule has 1 aromatic carbocycles. The second-order valence-electron chi connectivity index (χ2n) is 4.65. The maximum Gasteiger partial charge on any atom is 0.0460 e. The number of rotatable bonds is 8. The summed E-state index contributed by atoms with van der Waals surface area (Å²) in [5.41, 5.74) is 5.41. The molecule has 1 aromatic rings. The van der Waals surface area contributed by atoms with Gasteiger partial charge in [-0.15, -0.1) is 6.58 Å². The van der Waals surface area contributed by atoms with Crippen LogP contribution in [-0.4, -0.2) is 0 Å². The number of unbranched alkanes of at least 4 members (excludes halogenated alkanes) is 3. The highest BCUT2D eigenvalue weighted by Crippen LogP contribution is 2.24. The van der Waals surface area contributed by atoms with Gasteiger partial charge in [0.2, 0.25) is 0 Å². The van der Waals surface area contributed by atoms with Crippen LogP contribution in [0.15, 0.2) is 35.3 Å². The number of halogens is 1. The third kappa shape index (κ3) is 4.92. The topological polar surface area (TPSA) is 38.0 Å². The molecule has 2 nitrogen and oxygen atoms in total. The van der Waals surface area contributed by atoms with Crippen LogP contribution in [0.1, 0.15) is 49.3 Å². The zero-order chi connectivity index (χ0) is 13.4. The molecule has 18 heavy (non-hydrogen) atoms. The Labute approximate surface area is 119 Å². The molecule has 0 aliphatic carbocycles. The van der Waals surface area contributed by atoms with Crippen molar-refractivity contribution in [1.82, 2.24) is 5.43 Å². The van der Waals surface area contributed by atoms with Crippen LogP contribution in [0.3, 0.4) is 0 Å². The van der Waals surface area contributed by atoms with Crippen molar-refractivity contribution in [1.29, 1.82) is 0 Å². The van der Waals surface area contributed by atoms with Gasteiger partial charge in [0.15, 0.2) is 0 Å². The molecule has 0 aromatic heterocycles. The Hall–Kier alpha value is -0.640. The molecule has 0 heterocycles. The molecular weight excluding hydrogens is 288 g/mol. The van der Waals surface area contributed by atoms with Crippen LogP contribution in [-0.2, 0) is 0 Å². The van der Waals surface area contributed by atoms with E-state index in [-0.39, 0.29) is 6.04 Å².